The van der Waals surface area contributed by atoms with E-state index in [1.165, 1.54) is 32.1 Å². The van der Waals surface area contributed by atoms with Gasteiger partial charge in [0.2, 0.25) is 5.24 Å². The Labute approximate surface area is 167 Å². The van der Waals surface area contributed by atoms with Crippen molar-refractivity contribution >= 4 is 16.8 Å². The molecule has 0 fully saturated rings. The molecule has 0 rings (SSSR count). The van der Waals surface area contributed by atoms with Crippen LogP contribution in [0.15, 0.2) is 48.6 Å². The molecule has 0 aromatic heterocycles. The van der Waals surface area contributed by atoms with Gasteiger partial charge in [-0.25, -0.2) is 0 Å². The summed E-state index contributed by atoms with van der Waals surface area (Å²) in [6, 6.07) is 0. The lowest BCUT2D eigenvalue weighted by atomic mass is 9.83. The van der Waals surface area contributed by atoms with Gasteiger partial charge in [0.15, 0.2) is 0 Å². The molecule has 0 radical (unpaired) electrons. The molecule has 0 atom stereocenters. The summed E-state index contributed by atoms with van der Waals surface area (Å²) in [4.78, 5) is 10.6. The zero-order chi connectivity index (χ0) is 19.5. The smallest absolute Gasteiger partial charge is 0.221 e. The van der Waals surface area contributed by atoms with Gasteiger partial charge in [-0.2, -0.15) is 0 Å². The molecule has 0 aliphatic carbocycles. The van der Waals surface area contributed by atoms with E-state index in [9.17, 15) is 4.79 Å². The molecule has 0 saturated heterocycles. The second kappa shape index (κ2) is 17.3. The summed E-state index contributed by atoms with van der Waals surface area (Å²) >= 11 is 5.29. The third-order valence-corrected chi connectivity index (χ3v) is 4.54. The van der Waals surface area contributed by atoms with Crippen molar-refractivity contribution in [3.63, 3.8) is 0 Å². The maximum absolute atomic E-state index is 10.6. The molecule has 0 amide bonds. The molecule has 148 valence electrons. The van der Waals surface area contributed by atoms with Crippen molar-refractivity contribution in [3.8, 4) is 0 Å². The molecular formula is C24H39ClO. The monoisotopic (exact) mass is 378 g/mol. The largest absolute Gasteiger partial charge is 0.281 e. The van der Waals surface area contributed by atoms with E-state index in [4.69, 9.17) is 11.6 Å². The van der Waals surface area contributed by atoms with Crippen LogP contribution in [0.3, 0.4) is 0 Å². The minimum atomic E-state index is -0.240. The summed E-state index contributed by atoms with van der Waals surface area (Å²) < 4.78 is 0. The Morgan fingerprint density at radius 2 is 1.35 bits per heavy atom. The van der Waals surface area contributed by atoms with Gasteiger partial charge in [-0.15, -0.1) is 0 Å². The summed E-state index contributed by atoms with van der Waals surface area (Å²) in [6.07, 6.45) is 29.5. The predicted molar refractivity (Wildman–Crippen MR) is 118 cm³/mol. The predicted octanol–water partition coefficient (Wildman–Crippen LogP) is 8.31. The molecule has 0 aromatic rings. The summed E-state index contributed by atoms with van der Waals surface area (Å²) in [5.41, 5.74) is 0.436. The van der Waals surface area contributed by atoms with Crippen LogP contribution in [-0.2, 0) is 4.79 Å². The fourth-order valence-electron chi connectivity index (χ4n) is 2.65. The lowest BCUT2D eigenvalue weighted by molar-refractivity contribution is -0.111. The number of carbonyl (C=O) groups excluding carboxylic acids is 1. The van der Waals surface area contributed by atoms with Gasteiger partial charge in [-0.05, 0) is 62.0 Å². The molecule has 1 nitrogen and oxygen atoms in total. The molecule has 26 heavy (non-hydrogen) atoms. The lowest BCUT2D eigenvalue weighted by Crippen LogP contribution is -2.09. The summed E-state index contributed by atoms with van der Waals surface area (Å²) in [6.45, 7) is 7.01. The number of rotatable bonds is 16. The zero-order valence-electron chi connectivity index (χ0n) is 17.2. The molecule has 0 aromatic carbocycles. The van der Waals surface area contributed by atoms with Crippen LogP contribution in [-0.4, -0.2) is 5.24 Å². The van der Waals surface area contributed by atoms with Crippen LogP contribution in [0.4, 0.5) is 0 Å². The summed E-state index contributed by atoms with van der Waals surface area (Å²) in [5, 5.41) is -0.240. The molecule has 0 N–H and O–H groups in total. The molecular weight excluding hydrogens is 340 g/mol. The highest BCUT2D eigenvalue weighted by Crippen LogP contribution is 2.28. The highest BCUT2D eigenvalue weighted by Gasteiger charge is 2.14. The number of allylic oxidation sites excluding steroid dienone is 8. The van der Waals surface area contributed by atoms with Crippen LogP contribution in [0.25, 0.3) is 0 Å². The molecule has 0 saturated carbocycles. The van der Waals surface area contributed by atoms with Crippen molar-refractivity contribution in [2.75, 3.05) is 0 Å². The van der Waals surface area contributed by atoms with Crippen molar-refractivity contribution in [3.05, 3.63) is 48.6 Å². The zero-order valence-corrected chi connectivity index (χ0v) is 17.9. The molecule has 0 spiro atoms. The Morgan fingerprint density at radius 3 is 1.88 bits per heavy atom. The van der Waals surface area contributed by atoms with Gasteiger partial charge in [0.05, 0.1) is 0 Å². The van der Waals surface area contributed by atoms with E-state index in [1.54, 1.807) is 0 Å². The van der Waals surface area contributed by atoms with Crippen molar-refractivity contribution in [2.45, 2.75) is 91.4 Å². The normalized spacial score (nSPS) is 13.1. The quantitative estimate of drug-likeness (QED) is 0.150. The number of carbonyl (C=O) groups is 1. The molecule has 0 bridgehead atoms. The minimum Gasteiger partial charge on any atom is -0.281 e. The second-order valence-corrected chi connectivity index (χ2v) is 8.09. The number of hydrogen-bond donors (Lipinski definition) is 0. The molecule has 0 aliphatic heterocycles. The van der Waals surface area contributed by atoms with Crippen molar-refractivity contribution in [1.82, 2.24) is 0 Å². The first-order valence-corrected chi connectivity index (χ1v) is 10.6. The van der Waals surface area contributed by atoms with Gasteiger partial charge < -0.3 is 0 Å². The van der Waals surface area contributed by atoms with Gasteiger partial charge >= 0.3 is 0 Å². The van der Waals surface area contributed by atoms with Crippen LogP contribution < -0.4 is 0 Å². The highest BCUT2D eigenvalue weighted by molar-refractivity contribution is 6.63. The number of hydrogen-bond acceptors (Lipinski definition) is 1. The van der Waals surface area contributed by atoms with Gasteiger partial charge in [-0.1, -0.05) is 88.6 Å². The standard InChI is InChI=1S/C24H39ClO/c1-4-5-18-21-24(2,3)22-19-16-14-12-10-8-6-7-9-11-13-15-17-20-23(25)26/h6-7,10-13,16,19H,4-5,8-9,14-15,17-18,20-22H2,1-3H3/b7-6-,12-10-,13-11-,19-16-. The Balaban J connectivity index is 3.65. The average molecular weight is 379 g/mol. The average Bonchev–Trinajstić information content (AvgIpc) is 2.58. The van der Waals surface area contributed by atoms with Crippen LogP contribution in [0.5, 0.6) is 0 Å². The topological polar surface area (TPSA) is 17.1 Å². The Kier molecular flexibility index (Phi) is 16.6. The fraction of sp³-hybridized carbons (Fsp3) is 0.625. The summed E-state index contributed by atoms with van der Waals surface area (Å²) in [5.74, 6) is 0. The number of halogens is 1. The van der Waals surface area contributed by atoms with Gasteiger partial charge in [0, 0.05) is 6.42 Å². The first-order valence-electron chi connectivity index (χ1n) is 10.3. The molecule has 0 aliphatic rings. The first kappa shape index (κ1) is 24.9. The highest BCUT2D eigenvalue weighted by atomic mass is 35.5. The van der Waals surface area contributed by atoms with Crippen LogP contribution in [0.2, 0.25) is 0 Å². The van der Waals surface area contributed by atoms with E-state index in [0.29, 0.717) is 11.8 Å². The molecule has 0 unspecified atom stereocenters. The van der Waals surface area contributed by atoms with E-state index >= 15 is 0 Å². The van der Waals surface area contributed by atoms with Gasteiger partial charge in [0.1, 0.15) is 0 Å². The Morgan fingerprint density at radius 1 is 0.808 bits per heavy atom. The van der Waals surface area contributed by atoms with Gasteiger partial charge in [-0.3, -0.25) is 4.79 Å². The van der Waals surface area contributed by atoms with Crippen LogP contribution >= 0.6 is 11.6 Å². The van der Waals surface area contributed by atoms with E-state index in [1.807, 2.05) is 0 Å². The SMILES string of the molecule is CCCCCC(C)(C)C/C=C\C/C=C\C/C=C\C/C=C\CCCC(=O)Cl. The Hall–Kier alpha value is -1.08. The minimum absolute atomic E-state index is 0.240. The van der Waals surface area contributed by atoms with Crippen LogP contribution in [0.1, 0.15) is 91.4 Å². The summed E-state index contributed by atoms with van der Waals surface area (Å²) in [7, 11) is 0. The molecule has 0 heterocycles. The van der Waals surface area contributed by atoms with Crippen molar-refractivity contribution < 1.29 is 4.79 Å². The van der Waals surface area contributed by atoms with Gasteiger partial charge in [0.25, 0.3) is 0 Å². The third kappa shape index (κ3) is 19.2. The maximum atomic E-state index is 10.6. The lowest BCUT2D eigenvalue weighted by Gasteiger charge is -2.22. The van der Waals surface area contributed by atoms with E-state index in [0.717, 1.165) is 32.1 Å². The first-order chi connectivity index (χ1) is 12.5. The van der Waals surface area contributed by atoms with Crippen LogP contribution in [0, 0.1) is 5.41 Å². The van der Waals surface area contributed by atoms with E-state index in [2.05, 4.69) is 69.4 Å². The van der Waals surface area contributed by atoms with E-state index < -0.39 is 0 Å². The fourth-order valence-corrected chi connectivity index (χ4v) is 2.78. The molecule has 2 heteroatoms. The maximum Gasteiger partial charge on any atom is 0.221 e. The van der Waals surface area contributed by atoms with Crippen molar-refractivity contribution in [2.24, 2.45) is 5.41 Å². The third-order valence-electron chi connectivity index (χ3n) is 4.35. The van der Waals surface area contributed by atoms with Crippen molar-refractivity contribution in [1.29, 1.82) is 0 Å². The second-order valence-electron chi connectivity index (χ2n) is 7.67. The van der Waals surface area contributed by atoms with E-state index in [-0.39, 0.29) is 5.24 Å². The Bertz CT molecular complexity index is 455. The number of unbranched alkanes of at least 4 members (excludes halogenated alkanes) is 3.